The van der Waals surface area contributed by atoms with Crippen LogP contribution in [0.2, 0.25) is 0 Å². The summed E-state index contributed by atoms with van der Waals surface area (Å²) in [5, 5.41) is 6.80. The number of nitrogens with zero attached hydrogens (tertiary/aromatic N) is 2. The number of esters is 1. The van der Waals surface area contributed by atoms with Crippen molar-refractivity contribution in [3.05, 3.63) is 47.7 Å². The zero-order valence-corrected chi connectivity index (χ0v) is 16.5. The molecule has 0 fully saturated rings. The molecular formula is C18H23N3O5S. The number of sulfone groups is 1. The first-order chi connectivity index (χ1) is 12.6. The molecule has 0 aliphatic rings. The highest BCUT2D eigenvalue weighted by molar-refractivity contribution is 7.89. The number of carbonyl (C=O) groups is 2. The molecule has 2 rings (SSSR count). The number of carbonyl (C=O) groups excluding carboxylic acids is 2. The van der Waals surface area contributed by atoms with E-state index in [1.54, 1.807) is 29.1 Å². The van der Waals surface area contributed by atoms with Crippen molar-refractivity contribution < 1.29 is 22.7 Å². The van der Waals surface area contributed by atoms with E-state index >= 15 is 0 Å². The first kappa shape index (κ1) is 20.6. The van der Waals surface area contributed by atoms with Gasteiger partial charge in [0.15, 0.2) is 15.9 Å². The van der Waals surface area contributed by atoms with Crippen LogP contribution >= 0.6 is 0 Å². The van der Waals surface area contributed by atoms with Gasteiger partial charge in [0, 0.05) is 18.4 Å². The summed E-state index contributed by atoms with van der Waals surface area (Å²) in [6.45, 7) is 5.31. The molecule has 0 radical (unpaired) electrons. The van der Waals surface area contributed by atoms with Gasteiger partial charge in [-0.25, -0.2) is 17.9 Å². The highest BCUT2D eigenvalue weighted by Gasteiger charge is 2.21. The van der Waals surface area contributed by atoms with Crippen molar-refractivity contribution in [3.63, 3.8) is 0 Å². The van der Waals surface area contributed by atoms with Crippen molar-refractivity contribution in [1.82, 2.24) is 9.78 Å². The van der Waals surface area contributed by atoms with E-state index in [1.807, 2.05) is 13.8 Å². The molecule has 0 aliphatic heterocycles. The number of ether oxygens (including phenoxy) is 1. The Labute approximate surface area is 158 Å². The molecule has 1 heterocycles. The molecule has 1 unspecified atom stereocenters. The van der Waals surface area contributed by atoms with Crippen molar-refractivity contribution >= 4 is 27.5 Å². The van der Waals surface area contributed by atoms with Crippen LogP contribution in [-0.4, -0.2) is 42.4 Å². The lowest BCUT2D eigenvalue weighted by molar-refractivity contribution is -0.123. The number of hydrogen-bond acceptors (Lipinski definition) is 6. The molecule has 1 atom stereocenters. The van der Waals surface area contributed by atoms with E-state index in [0.717, 1.165) is 6.26 Å². The molecule has 0 saturated heterocycles. The van der Waals surface area contributed by atoms with E-state index in [1.165, 1.54) is 19.1 Å². The molecular weight excluding hydrogens is 370 g/mol. The Balaban J connectivity index is 2.03. The van der Waals surface area contributed by atoms with Crippen LogP contribution in [0.5, 0.6) is 0 Å². The molecule has 27 heavy (non-hydrogen) atoms. The van der Waals surface area contributed by atoms with Crippen LogP contribution in [-0.2, 0) is 25.1 Å². The molecule has 1 N–H and O–H groups in total. The van der Waals surface area contributed by atoms with Gasteiger partial charge in [-0.1, -0.05) is 12.1 Å². The van der Waals surface area contributed by atoms with Crippen molar-refractivity contribution in [2.75, 3.05) is 11.6 Å². The van der Waals surface area contributed by atoms with E-state index in [0.29, 0.717) is 11.4 Å². The molecule has 9 heteroatoms. The second kappa shape index (κ2) is 8.34. The van der Waals surface area contributed by atoms with Gasteiger partial charge in [0.05, 0.1) is 17.5 Å². The fourth-order valence-corrected chi connectivity index (χ4v) is 3.21. The summed E-state index contributed by atoms with van der Waals surface area (Å²) in [5.41, 5.74) is 0.660. The van der Waals surface area contributed by atoms with Crippen LogP contribution in [0.15, 0.2) is 36.5 Å². The number of benzene rings is 1. The minimum atomic E-state index is -3.22. The van der Waals surface area contributed by atoms with Crippen LogP contribution in [0.25, 0.3) is 0 Å². The lowest BCUT2D eigenvalue weighted by atomic mass is 10.1. The average molecular weight is 393 g/mol. The Hall–Kier alpha value is -2.68. The first-order valence-corrected chi connectivity index (χ1v) is 10.4. The molecule has 1 aromatic carbocycles. The zero-order chi connectivity index (χ0) is 20.2. The predicted octanol–water partition coefficient (Wildman–Crippen LogP) is 2.19. The standard InChI is InChI=1S/C18H23N3O5S/c1-12(2)21-16(8-9-19-21)20-17(22)13(3)26-18(23)15-7-5-6-14(10-15)11-27(4,24)25/h5-10,12-13H,11H2,1-4H3,(H,20,22). The molecule has 1 amide bonds. The number of nitrogens with one attached hydrogen (secondary N) is 1. The summed E-state index contributed by atoms with van der Waals surface area (Å²) >= 11 is 0. The molecule has 0 bridgehead atoms. The summed E-state index contributed by atoms with van der Waals surface area (Å²) in [6.07, 6.45) is 1.65. The van der Waals surface area contributed by atoms with Crippen LogP contribution in [0.1, 0.15) is 42.7 Å². The van der Waals surface area contributed by atoms with Crippen molar-refractivity contribution in [1.29, 1.82) is 0 Å². The van der Waals surface area contributed by atoms with Crippen molar-refractivity contribution in [3.8, 4) is 0 Å². The van der Waals surface area contributed by atoms with Crippen LogP contribution in [0, 0.1) is 0 Å². The summed E-state index contributed by atoms with van der Waals surface area (Å²) in [4.78, 5) is 24.6. The Bertz CT molecular complexity index is 934. The fraction of sp³-hybridized carbons (Fsp3) is 0.389. The van der Waals surface area contributed by atoms with E-state index in [4.69, 9.17) is 4.74 Å². The van der Waals surface area contributed by atoms with Crippen LogP contribution in [0.4, 0.5) is 5.82 Å². The maximum absolute atomic E-state index is 12.3. The average Bonchev–Trinajstić information content (AvgIpc) is 3.01. The lowest BCUT2D eigenvalue weighted by Gasteiger charge is -2.16. The van der Waals surface area contributed by atoms with Crippen molar-refractivity contribution in [2.24, 2.45) is 0 Å². The maximum atomic E-state index is 12.3. The number of amides is 1. The minimum Gasteiger partial charge on any atom is -0.449 e. The molecule has 2 aromatic rings. The van der Waals surface area contributed by atoms with Gasteiger partial charge >= 0.3 is 5.97 Å². The Kier molecular flexibility index (Phi) is 6.37. The minimum absolute atomic E-state index is 0.0609. The molecule has 0 spiro atoms. The summed E-state index contributed by atoms with van der Waals surface area (Å²) in [5.74, 6) is -0.861. The second-order valence-corrected chi connectivity index (χ2v) is 8.70. The normalized spacial score (nSPS) is 12.6. The quantitative estimate of drug-likeness (QED) is 0.723. The largest absolute Gasteiger partial charge is 0.449 e. The zero-order valence-electron chi connectivity index (χ0n) is 15.7. The first-order valence-electron chi connectivity index (χ1n) is 8.39. The third kappa shape index (κ3) is 5.92. The van der Waals surface area contributed by atoms with Gasteiger partial charge in [0.25, 0.3) is 5.91 Å². The Morgan fingerprint density at radius 2 is 1.93 bits per heavy atom. The third-order valence-electron chi connectivity index (χ3n) is 3.66. The topological polar surface area (TPSA) is 107 Å². The van der Waals surface area contributed by atoms with Gasteiger partial charge in [-0.05, 0) is 38.5 Å². The smallest absolute Gasteiger partial charge is 0.338 e. The Morgan fingerprint density at radius 3 is 2.56 bits per heavy atom. The lowest BCUT2D eigenvalue weighted by Crippen LogP contribution is -2.31. The number of aromatic nitrogens is 2. The summed E-state index contributed by atoms with van der Waals surface area (Å²) in [7, 11) is -3.22. The third-order valence-corrected chi connectivity index (χ3v) is 4.51. The highest BCUT2D eigenvalue weighted by atomic mass is 32.2. The number of hydrogen-bond donors (Lipinski definition) is 1. The molecule has 1 aromatic heterocycles. The van der Waals surface area contributed by atoms with Gasteiger partial charge in [-0.2, -0.15) is 5.10 Å². The van der Waals surface area contributed by atoms with Gasteiger partial charge < -0.3 is 10.1 Å². The maximum Gasteiger partial charge on any atom is 0.338 e. The monoisotopic (exact) mass is 393 g/mol. The van der Waals surface area contributed by atoms with Crippen LogP contribution in [0.3, 0.4) is 0 Å². The second-order valence-electron chi connectivity index (χ2n) is 6.56. The predicted molar refractivity (Wildman–Crippen MR) is 101 cm³/mol. The van der Waals surface area contributed by atoms with Gasteiger partial charge in [-0.15, -0.1) is 0 Å². The number of rotatable bonds is 7. The Morgan fingerprint density at radius 1 is 1.22 bits per heavy atom. The molecule has 146 valence electrons. The van der Waals surface area contributed by atoms with Crippen LogP contribution < -0.4 is 5.32 Å². The van der Waals surface area contributed by atoms with E-state index in [2.05, 4.69) is 10.4 Å². The van der Waals surface area contributed by atoms with E-state index in [9.17, 15) is 18.0 Å². The fourth-order valence-electron chi connectivity index (χ4n) is 2.43. The highest BCUT2D eigenvalue weighted by Crippen LogP contribution is 2.15. The van der Waals surface area contributed by atoms with Gasteiger partial charge in [-0.3, -0.25) is 4.79 Å². The van der Waals surface area contributed by atoms with E-state index in [-0.39, 0.29) is 17.4 Å². The number of anilines is 1. The summed E-state index contributed by atoms with van der Waals surface area (Å²) < 4.78 is 29.6. The van der Waals surface area contributed by atoms with Crippen molar-refractivity contribution in [2.45, 2.75) is 38.7 Å². The van der Waals surface area contributed by atoms with Gasteiger partial charge in [0.1, 0.15) is 5.82 Å². The molecule has 8 nitrogen and oxygen atoms in total. The molecule has 0 saturated carbocycles. The molecule has 0 aliphatic carbocycles. The van der Waals surface area contributed by atoms with E-state index < -0.39 is 27.8 Å². The SMILES string of the molecule is CC(OC(=O)c1cccc(CS(C)(=O)=O)c1)C(=O)Nc1ccnn1C(C)C. The van der Waals surface area contributed by atoms with Gasteiger partial charge in [0.2, 0.25) is 0 Å². The summed E-state index contributed by atoms with van der Waals surface area (Å²) in [6, 6.07) is 7.85.